The largest absolute Gasteiger partial charge is 0.464 e. The molecule has 0 bridgehead atoms. The van der Waals surface area contributed by atoms with Crippen molar-refractivity contribution in [2.75, 3.05) is 32.0 Å². The molecule has 1 atom stereocenters. The maximum atomic E-state index is 11.6. The van der Waals surface area contributed by atoms with E-state index in [2.05, 4.69) is 4.90 Å². The van der Waals surface area contributed by atoms with Crippen LogP contribution in [0.3, 0.4) is 0 Å². The maximum absolute atomic E-state index is 11.6. The lowest BCUT2D eigenvalue weighted by Gasteiger charge is -2.25. The number of ether oxygens (including phenoxy) is 1. The Bertz CT molecular complexity index is 277. The first-order chi connectivity index (χ1) is 9.84. The minimum atomic E-state index is -0.00420. The Labute approximate surface area is 131 Å². The van der Waals surface area contributed by atoms with Gasteiger partial charge in [-0.3, -0.25) is 9.69 Å². The van der Waals surface area contributed by atoms with Gasteiger partial charge in [0.2, 0.25) is 0 Å². The molecule has 0 aromatic heterocycles. The van der Waals surface area contributed by atoms with Crippen LogP contribution < -0.4 is 0 Å². The van der Waals surface area contributed by atoms with E-state index >= 15 is 0 Å². The number of unbranched alkanes of at least 4 members (excludes halogenated alkanes) is 1. The van der Waals surface area contributed by atoms with Gasteiger partial charge in [0.15, 0.2) is 0 Å². The lowest BCUT2D eigenvalue weighted by atomic mass is 10.1. The second kappa shape index (κ2) is 9.96. The molecule has 116 valence electrons. The lowest BCUT2D eigenvalue weighted by Crippen LogP contribution is -2.33. The summed E-state index contributed by atoms with van der Waals surface area (Å²) in [6.45, 7) is 3.85. The summed E-state index contributed by atoms with van der Waals surface area (Å²) in [5.41, 5.74) is 0. The number of nitrogens with zero attached hydrogens (tertiary/aromatic N) is 1. The van der Waals surface area contributed by atoms with Gasteiger partial charge in [-0.15, -0.1) is 0 Å². The SMILES string of the molecule is O=C(CCCCC1CCSS1)OCCN1CCCCC1. The van der Waals surface area contributed by atoms with Gasteiger partial charge < -0.3 is 4.74 Å². The molecule has 2 heterocycles. The van der Waals surface area contributed by atoms with Crippen molar-refractivity contribution in [2.45, 2.75) is 56.6 Å². The minimum absolute atomic E-state index is 0.00420. The van der Waals surface area contributed by atoms with Crippen molar-refractivity contribution in [1.29, 1.82) is 0 Å². The van der Waals surface area contributed by atoms with Gasteiger partial charge in [0.1, 0.15) is 6.61 Å². The average Bonchev–Trinajstić information content (AvgIpc) is 2.98. The predicted molar refractivity (Wildman–Crippen MR) is 88.2 cm³/mol. The second-order valence-electron chi connectivity index (χ2n) is 5.70. The Kier molecular flexibility index (Phi) is 8.21. The highest BCUT2D eigenvalue weighted by Gasteiger charge is 2.16. The average molecular weight is 318 g/mol. The number of hydrogen-bond donors (Lipinski definition) is 0. The number of esters is 1. The summed E-state index contributed by atoms with van der Waals surface area (Å²) >= 11 is 0. The summed E-state index contributed by atoms with van der Waals surface area (Å²) in [6, 6.07) is 0. The molecule has 2 fully saturated rings. The van der Waals surface area contributed by atoms with Crippen molar-refractivity contribution in [3.8, 4) is 0 Å². The molecule has 0 aromatic rings. The topological polar surface area (TPSA) is 29.5 Å². The van der Waals surface area contributed by atoms with Crippen LogP contribution in [-0.2, 0) is 9.53 Å². The third-order valence-electron chi connectivity index (χ3n) is 4.00. The van der Waals surface area contributed by atoms with Crippen LogP contribution in [0.1, 0.15) is 51.4 Å². The first-order valence-electron chi connectivity index (χ1n) is 8.01. The van der Waals surface area contributed by atoms with E-state index in [1.54, 1.807) is 0 Å². The molecule has 2 saturated heterocycles. The molecule has 0 aliphatic carbocycles. The van der Waals surface area contributed by atoms with Crippen LogP contribution in [0.25, 0.3) is 0 Å². The molecule has 1 unspecified atom stereocenters. The van der Waals surface area contributed by atoms with E-state index in [-0.39, 0.29) is 5.97 Å². The van der Waals surface area contributed by atoms with E-state index in [0.29, 0.717) is 13.0 Å². The van der Waals surface area contributed by atoms with Gasteiger partial charge in [0.05, 0.1) is 0 Å². The fourth-order valence-corrected chi connectivity index (χ4v) is 5.78. The fraction of sp³-hybridized carbons (Fsp3) is 0.933. The highest BCUT2D eigenvalue weighted by atomic mass is 33.1. The van der Waals surface area contributed by atoms with Crippen LogP contribution in [0.4, 0.5) is 0 Å². The number of hydrogen-bond acceptors (Lipinski definition) is 5. The van der Waals surface area contributed by atoms with Crippen molar-refractivity contribution in [2.24, 2.45) is 0 Å². The molecule has 3 nitrogen and oxygen atoms in total. The summed E-state index contributed by atoms with van der Waals surface area (Å²) in [5, 5.41) is 0.829. The van der Waals surface area contributed by atoms with Crippen LogP contribution in [0, 0.1) is 0 Å². The maximum Gasteiger partial charge on any atom is 0.305 e. The van der Waals surface area contributed by atoms with Gasteiger partial charge in [0.25, 0.3) is 0 Å². The molecule has 2 rings (SSSR count). The van der Waals surface area contributed by atoms with Crippen molar-refractivity contribution in [1.82, 2.24) is 4.90 Å². The Balaban J connectivity index is 1.41. The smallest absolute Gasteiger partial charge is 0.305 e. The predicted octanol–water partition coefficient (Wildman–Crippen LogP) is 3.73. The van der Waals surface area contributed by atoms with Crippen LogP contribution >= 0.6 is 21.6 Å². The van der Waals surface area contributed by atoms with Gasteiger partial charge in [-0.1, -0.05) is 34.4 Å². The van der Waals surface area contributed by atoms with Crippen molar-refractivity contribution in [3.05, 3.63) is 0 Å². The molecular formula is C15H27NO2S2. The highest BCUT2D eigenvalue weighted by molar-refractivity contribution is 8.77. The molecule has 20 heavy (non-hydrogen) atoms. The zero-order valence-corrected chi connectivity index (χ0v) is 14.0. The van der Waals surface area contributed by atoms with Crippen molar-refractivity contribution in [3.63, 3.8) is 0 Å². The molecule has 0 saturated carbocycles. The van der Waals surface area contributed by atoms with Crippen LogP contribution in [0.5, 0.6) is 0 Å². The van der Waals surface area contributed by atoms with Gasteiger partial charge in [-0.05, 0) is 45.2 Å². The standard InChI is InChI=1S/C15H27NO2S2/c17-15(7-3-2-6-14-8-13-19-20-14)18-12-11-16-9-4-1-5-10-16/h14H,1-13H2. The Hall–Kier alpha value is 0.130. The summed E-state index contributed by atoms with van der Waals surface area (Å²) in [7, 11) is 4.02. The number of carbonyl (C=O) groups is 1. The van der Waals surface area contributed by atoms with E-state index in [1.165, 1.54) is 57.4 Å². The molecule has 0 N–H and O–H groups in total. The van der Waals surface area contributed by atoms with Gasteiger partial charge in [-0.2, -0.15) is 0 Å². The zero-order chi connectivity index (χ0) is 14.0. The van der Waals surface area contributed by atoms with Crippen LogP contribution in [-0.4, -0.2) is 48.1 Å². The van der Waals surface area contributed by atoms with Crippen LogP contribution in [0.15, 0.2) is 0 Å². The minimum Gasteiger partial charge on any atom is -0.464 e. The van der Waals surface area contributed by atoms with Gasteiger partial charge in [-0.25, -0.2) is 0 Å². The number of rotatable bonds is 8. The Morgan fingerprint density at radius 1 is 1.20 bits per heavy atom. The third-order valence-corrected chi connectivity index (χ3v) is 7.01. The summed E-state index contributed by atoms with van der Waals surface area (Å²) in [5.74, 6) is 1.30. The molecule has 5 heteroatoms. The monoisotopic (exact) mass is 317 g/mol. The van der Waals surface area contributed by atoms with E-state index in [1.807, 2.05) is 21.6 Å². The summed E-state index contributed by atoms with van der Waals surface area (Å²) < 4.78 is 5.33. The summed E-state index contributed by atoms with van der Waals surface area (Å²) in [6.07, 6.45) is 9.31. The number of likely N-dealkylation sites (tertiary alicyclic amines) is 1. The molecule has 0 amide bonds. The first kappa shape index (κ1) is 16.5. The molecule has 2 aliphatic rings. The third kappa shape index (κ3) is 6.72. The second-order valence-corrected chi connectivity index (χ2v) is 8.48. The molecule has 0 aromatic carbocycles. The van der Waals surface area contributed by atoms with Crippen molar-refractivity contribution < 1.29 is 9.53 Å². The first-order valence-corrected chi connectivity index (χ1v) is 10.4. The van der Waals surface area contributed by atoms with Gasteiger partial charge in [0, 0.05) is 24.0 Å². The molecule has 0 spiro atoms. The fourth-order valence-electron chi connectivity index (χ4n) is 2.75. The van der Waals surface area contributed by atoms with E-state index < -0.39 is 0 Å². The zero-order valence-electron chi connectivity index (χ0n) is 12.3. The van der Waals surface area contributed by atoms with Crippen LogP contribution in [0.2, 0.25) is 0 Å². The normalized spacial score (nSPS) is 23.9. The van der Waals surface area contributed by atoms with E-state index in [9.17, 15) is 4.79 Å². The summed E-state index contributed by atoms with van der Waals surface area (Å²) in [4.78, 5) is 14.0. The highest BCUT2D eigenvalue weighted by Crippen LogP contribution is 2.39. The Morgan fingerprint density at radius 3 is 2.80 bits per heavy atom. The van der Waals surface area contributed by atoms with Crippen molar-refractivity contribution >= 4 is 27.6 Å². The van der Waals surface area contributed by atoms with Gasteiger partial charge >= 0.3 is 5.97 Å². The van der Waals surface area contributed by atoms with E-state index in [0.717, 1.165) is 18.2 Å². The van der Waals surface area contributed by atoms with E-state index in [4.69, 9.17) is 4.74 Å². The molecular weight excluding hydrogens is 290 g/mol. The Morgan fingerprint density at radius 2 is 2.05 bits per heavy atom. The lowest BCUT2D eigenvalue weighted by molar-refractivity contribution is -0.144. The molecule has 0 radical (unpaired) electrons. The quantitative estimate of drug-likeness (QED) is 0.386. The number of carbonyl (C=O) groups excluding carboxylic acids is 1. The number of piperidine rings is 1. The molecule has 2 aliphatic heterocycles.